The third kappa shape index (κ3) is 1.18. The maximum atomic E-state index is 3.19. The SMILES string of the molecule is CC1=C=CC=c2c(C)csc2=C1. The van der Waals surface area contributed by atoms with E-state index >= 15 is 0 Å². The van der Waals surface area contributed by atoms with Crippen LogP contribution in [0.15, 0.2) is 22.8 Å². The Morgan fingerprint density at radius 1 is 1.33 bits per heavy atom. The first kappa shape index (κ1) is 7.60. The molecule has 0 amide bonds. The second kappa shape index (κ2) is 2.78. The average molecular weight is 174 g/mol. The van der Waals surface area contributed by atoms with E-state index in [0.717, 1.165) is 0 Å². The molecule has 0 unspecified atom stereocenters. The first-order valence-corrected chi connectivity index (χ1v) is 4.85. The minimum Gasteiger partial charge on any atom is -0.144 e. The van der Waals surface area contributed by atoms with Crippen molar-refractivity contribution in [3.63, 3.8) is 0 Å². The number of fused-ring (bicyclic) bond motifs is 1. The molecule has 0 aliphatic heterocycles. The van der Waals surface area contributed by atoms with Crippen molar-refractivity contribution in [2.45, 2.75) is 13.8 Å². The molecule has 0 saturated carbocycles. The van der Waals surface area contributed by atoms with E-state index in [2.05, 4.69) is 37.1 Å². The number of aryl methyl sites for hydroxylation is 1. The highest BCUT2D eigenvalue weighted by Gasteiger charge is 1.94. The maximum Gasteiger partial charge on any atom is 0.0354 e. The molecule has 1 heteroatoms. The Balaban J connectivity index is 2.88. The highest BCUT2D eigenvalue weighted by atomic mass is 32.1. The molecule has 0 saturated heterocycles. The summed E-state index contributed by atoms with van der Waals surface area (Å²) in [5.41, 5.74) is 5.75. The molecular formula is C11H10S. The summed E-state index contributed by atoms with van der Waals surface area (Å²) in [4.78, 5) is 0. The Morgan fingerprint density at radius 3 is 3.00 bits per heavy atom. The van der Waals surface area contributed by atoms with Crippen molar-refractivity contribution in [1.82, 2.24) is 0 Å². The molecule has 60 valence electrons. The van der Waals surface area contributed by atoms with Crippen molar-refractivity contribution in [3.05, 3.63) is 38.1 Å². The Labute approximate surface area is 75.9 Å². The molecule has 0 atom stereocenters. The van der Waals surface area contributed by atoms with Gasteiger partial charge in [0.15, 0.2) is 0 Å². The van der Waals surface area contributed by atoms with Gasteiger partial charge in [-0.15, -0.1) is 17.1 Å². The van der Waals surface area contributed by atoms with Crippen LogP contribution in [0.2, 0.25) is 0 Å². The Hall–Kier alpha value is -1.04. The van der Waals surface area contributed by atoms with Crippen LogP contribution < -0.4 is 9.75 Å². The highest BCUT2D eigenvalue weighted by Crippen LogP contribution is 1.98. The summed E-state index contributed by atoms with van der Waals surface area (Å²) >= 11 is 1.80. The van der Waals surface area contributed by atoms with Crippen molar-refractivity contribution < 1.29 is 0 Å². The summed E-state index contributed by atoms with van der Waals surface area (Å²) in [6, 6.07) is 0. The Morgan fingerprint density at radius 2 is 2.17 bits per heavy atom. The standard InChI is InChI=1S/C11H10S/c1-8-4-3-5-10-9(2)7-12-11(10)6-8/h3,5-7H,1-2H3. The van der Waals surface area contributed by atoms with Gasteiger partial charge in [0.05, 0.1) is 0 Å². The molecule has 1 aromatic rings. The quantitative estimate of drug-likeness (QED) is 0.525. The van der Waals surface area contributed by atoms with E-state index in [-0.39, 0.29) is 0 Å². The second-order valence-corrected chi connectivity index (χ2v) is 3.91. The van der Waals surface area contributed by atoms with E-state index in [1.807, 2.05) is 6.08 Å². The molecule has 0 radical (unpaired) electrons. The maximum absolute atomic E-state index is 3.19. The van der Waals surface area contributed by atoms with Gasteiger partial charge in [-0.25, -0.2) is 0 Å². The molecule has 1 heterocycles. The Kier molecular flexibility index (Phi) is 1.76. The van der Waals surface area contributed by atoms with Gasteiger partial charge in [0.25, 0.3) is 0 Å². The van der Waals surface area contributed by atoms with Gasteiger partial charge in [-0.3, -0.25) is 0 Å². The van der Waals surface area contributed by atoms with Gasteiger partial charge in [0.2, 0.25) is 0 Å². The second-order valence-electron chi connectivity index (χ2n) is 3.00. The minimum absolute atomic E-state index is 1.20. The lowest BCUT2D eigenvalue weighted by molar-refractivity contribution is 1.47. The lowest BCUT2D eigenvalue weighted by atomic mass is 10.2. The van der Waals surface area contributed by atoms with Gasteiger partial charge < -0.3 is 0 Å². The normalized spacial score (nSPS) is 14.0. The van der Waals surface area contributed by atoms with Gasteiger partial charge in [0, 0.05) is 4.53 Å². The zero-order valence-corrected chi connectivity index (χ0v) is 8.03. The van der Waals surface area contributed by atoms with Gasteiger partial charge in [0.1, 0.15) is 0 Å². The molecule has 0 fully saturated rings. The number of thiophene rings is 1. The minimum atomic E-state index is 1.20. The third-order valence-corrected chi connectivity index (χ3v) is 3.02. The van der Waals surface area contributed by atoms with E-state index in [1.54, 1.807) is 11.3 Å². The highest BCUT2D eigenvalue weighted by molar-refractivity contribution is 7.07. The van der Waals surface area contributed by atoms with Crippen molar-refractivity contribution in [3.8, 4) is 0 Å². The topological polar surface area (TPSA) is 0 Å². The van der Waals surface area contributed by atoms with Crippen LogP contribution in [-0.2, 0) is 0 Å². The first-order chi connectivity index (χ1) is 5.77. The molecular weight excluding hydrogens is 164 g/mol. The van der Waals surface area contributed by atoms with Crippen LogP contribution in [0.3, 0.4) is 0 Å². The molecule has 12 heavy (non-hydrogen) atoms. The van der Waals surface area contributed by atoms with Crippen LogP contribution in [0.1, 0.15) is 12.5 Å². The van der Waals surface area contributed by atoms with Crippen LogP contribution in [0.4, 0.5) is 0 Å². The van der Waals surface area contributed by atoms with Crippen molar-refractivity contribution in [2.24, 2.45) is 0 Å². The van der Waals surface area contributed by atoms with E-state index in [4.69, 9.17) is 0 Å². The molecule has 1 aromatic heterocycles. The average Bonchev–Trinajstić information content (AvgIpc) is 2.31. The monoisotopic (exact) mass is 174 g/mol. The lowest BCUT2D eigenvalue weighted by Crippen LogP contribution is -2.19. The van der Waals surface area contributed by atoms with Gasteiger partial charge in [-0.2, -0.15) is 0 Å². The summed E-state index contributed by atoms with van der Waals surface area (Å²) < 4.78 is 1.35. The zero-order valence-electron chi connectivity index (χ0n) is 7.22. The predicted molar refractivity (Wildman–Crippen MR) is 54.5 cm³/mol. The van der Waals surface area contributed by atoms with Crippen LogP contribution in [0.25, 0.3) is 12.2 Å². The van der Waals surface area contributed by atoms with Crippen molar-refractivity contribution >= 4 is 23.5 Å². The number of hydrogen-bond donors (Lipinski definition) is 0. The molecule has 0 bridgehead atoms. The summed E-state index contributed by atoms with van der Waals surface area (Å²) in [6.07, 6.45) is 6.32. The van der Waals surface area contributed by atoms with Crippen LogP contribution >= 0.6 is 11.3 Å². The fourth-order valence-corrected chi connectivity index (χ4v) is 2.32. The van der Waals surface area contributed by atoms with Gasteiger partial charge >= 0.3 is 0 Å². The van der Waals surface area contributed by atoms with Crippen LogP contribution in [0, 0.1) is 6.92 Å². The first-order valence-electron chi connectivity index (χ1n) is 3.97. The van der Waals surface area contributed by atoms with Crippen molar-refractivity contribution in [1.29, 1.82) is 0 Å². The molecule has 0 N–H and O–H groups in total. The number of hydrogen-bond acceptors (Lipinski definition) is 1. The van der Waals surface area contributed by atoms with E-state index < -0.39 is 0 Å². The fourth-order valence-electron chi connectivity index (χ4n) is 1.29. The van der Waals surface area contributed by atoms with E-state index in [9.17, 15) is 0 Å². The van der Waals surface area contributed by atoms with Crippen LogP contribution in [-0.4, -0.2) is 0 Å². The summed E-state index contributed by atoms with van der Waals surface area (Å²) in [6.45, 7) is 4.22. The number of rotatable bonds is 0. The molecule has 0 aromatic carbocycles. The molecule has 1 aliphatic carbocycles. The third-order valence-electron chi connectivity index (χ3n) is 1.96. The van der Waals surface area contributed by atoms with E-state index in [0.29, 0.717) is 0 Å². The smallest absolute Gasteiger partial charge is 0.0354 e. The van der Waals surface area contributed by atoms with Gasteiger partial charge in [-0.05, 0) is 53.8 Å². The van der Waals surface area contributed by atoms with E-state index in [1.165, 1.54) is 20.9 Å². The van der Waals surface area contributed by atoms with Gasteiger partial charge in [-0.1, -0.05) is 0 Å². The largest absolute Gasteiger partial charge is 0.144 e. The summed E-state index contributed by atoms with van der Waals surface area (Å²) in [5, 5.41) is 3.55. The van der Waals surface area contributed by atoms with Crippen LogP contribution in [0.5, 0.6) is 0 Å². The molecule has 2 rings (SSSR count). The summed E-state index contributed by atoms with van der Waals surface area (Å²) in [5.74, 6) is 0. The number of allylic oxidation sites excluding steroid dienone is 1. The summed E-state index contributed by atoms with van der Waals surface area (Å²) in [7, 11) is 0. The molecule has 0 spiro atoms. The molecule has 1 aliphatic rings. The fraction of sp³-hybridized carbons (Fsp3) is 0.182. The lowest BCUT2D eigenvalue weighted by Gasteiger charge is -1.80. The molecule has 0 nitrogen and oxygen atoms in total. The van der Waals surface area contributed by atoms with Crippen molar-refractivity contribution in [2.75, 3.05) is 0 Å². The Bertz CT molecular complexity index is 480. The zero-order chi connectivity index (χ0) is 8.55. The predicted octanol–water partition coefficient (Wildman–Crippen LogP) is 1.73.